The van der Waals surface area contributed by atoms with E-state index >= 15 is 0 Å². The summed E-state index contributed by atoms with van der Waals surface area (Å²) in [6.07, 6.45) is 3.95. The lowest BCUT2D eigenvalue weighted by Gasteiger charge is -2.38. The number of aryl methyl sites for hydroxylation is 1. The van der Waals surface area contributed by atoms with Gasteiger partial charge in [0.1, 0.15) is 0 Å². The lowest BCUT2D eigenvalue weighted by atomic mass is 9.96. The molecule has 0 aromatic heterocycles. The monoisotopic (exact) mass is 288 g/mol. The molecule has 2 atom stereocenters. The Kier molecular flexibility index (Phi) is 5.83. The fourth-order valence-electron chi connectivity index (χ4n) is 3.28. The summed E-state index contributed by atoms with van der Waals surface area (Å²) in [5, 5.41) is 3.54. The van der Waals surface area contributed by atoms with Crippen LogP contribution in [0.5, 0.6) is 0 Å². The SMILES string of the molecule is CCc1ccc(C(NC)C(C)N(CC2CC2)C(C)C)cc1. The molecule has 0 bridgehead atoms. The number of hydrogen-bond acceptors (Lipinski definition) is 2. The van der Waals surface area contributed by atoms with Gasteiger partial charge in [-0.3, -0.25) is 4.90 Å². The van der Waals surface area contributed by atoms with Crippen molar-refractivity contribution in [2.24, 2.45) is 5.92 Å². The first-order chi connectivity index (χ1) is 10.1. The molecule has 2 rings (SSSR count). The minimum absolute atomic E-state index is 0.400. The molecular formula is C19H32N2. The van der Waals surface area contributed by atoms with E-state index in [0.29, 0.717) is 18.1 Å². The standard InChI is InChI=1S/C19H32N2/c1-6-16-9-11-18(12-10-16)19(20-5)15(4)21(14(2)3)13-17-7-8-17/h9-12,14-15,17,19-20H,6-8,13H2,1-5H3. The number of likely N-dealkylation sites (N-methyl/N-ethyl adjacent to an activating group) is 1. The van der Waals surface area contributed by atoms with Crippen LogP contribution in [-0.2, 0) is 6.42 Å². The van der Waals surface area contributed by atoms with Crippen molar-refractivity contribution in [1.82, 2.24) is 10.2 Å². The van der Waals surface area contributed by atoms with Gasteiger partial charge in [0, 0.05) is 24.7 Å². The van der Waals surface area contributed by atoms with Crippen LogP contribution >= 0.6 is 0 Å². The van der Waals surface area contributed by atoms with E-state index in [1.165, 1.54) is 30.5 Å². The Morgan fingerprint density at radius 3 is 2.19 bits per heavy atom. The van der Waals surface area contributed by atoms with Crippen molar-refractivity contribution in [2.75, 3.05) is 13.6 Å². The Bertz CT molecular complexity index is 420. The molecule has 118 valence electrons. The molecule has 1 N–H and O–H groups in total. The highest BCUT2D eigenvalue weighted by Gasteiger charge is 2.31. The Labute approximate surface area is 130 Å². The van der Waals surface area contributed by atoms with Crippen LogP contribution in [0.4, 0.5) is 0 Å². The second kappa shape index (κ2) is 7.42. The molecule has 0 aliphatic heterocycles. The van der Waals surface area contributed by atoms with E-state index in [2.05, 4.69) is 69.2 Å². The van der Waals surface area contributed by atoms with E-state index in [4.69, 9.17) is 0 Å². The quantitative estimate of drug-likeness (QED) is 0.777. The largest absolute Gasteiger partial charge is 0.312 e. The summed E-state index contributed by atoms with van der Waals surface area (Å²) < 4.78 is 0. The summed E-state index contributed by atoms with van der Waals surface area (Å²) in [5.74, 6) is 0.940. The zero-order valence-electron chi connectivity index (χ0n) is 14.4. The van der Waals surface area contributed by atoms with E-state index in [9.17, 15) is 0 Å². The molecule has 1 fully saturated rings. The molecule has 1 aliphatic carbocycles. The molecule has 1 saturated carbocycles. The summed E-state index contributed by atoms with van der Waals surface area (Å²) in [5.41, 5.74) is 2.82. The molecule has 0 amide bonds. The van der Waals surface area contributed by atoms with Crippen LogP contribution in [0.15, 0.2) is 24.3 Å². The second-order valence-corrected chi connectivity index (χ2v) is 6.84. The molecule has 2 unspecified atom stereocenters. The van der Waals surface area contributed by atoms with Gasteiger partial charge < -0.3 is 5.32 Å². The minimum Gasteiger partial charge on any atom is -0.312 e. The summed E-state index contributed by atoms with van der Waals surface area (Å²) in [4.78, 5) is 2.67. The van der Waals surface area contributed by atoms with E-state index in [0.717, 1.165) is 12.3 Å². The first kappa shape index (κ1) is 16.5. The van der Waals surface area contributed by atoms with Gasteiger partial charge in [0.05, 0.1) is 0 Å². The predicted molar refractivity (Wildman–Crippen MR) is 91.6 cm³/mol. The molecule has 0 saturated heterocycles. The number of hydrogen-bond donors (Lipinski definition) is 1. The van der Waals surface area contributed by atoms with E-state index in [1.807, 2.05) is 0 Å². The van der Waals surface area contributed by atoms with Crippen molar-refractivity contribution in [3.8, 4) is 0 Å². The fraction of sp³-hybridized carbons (Fsp3) is 0.684. The fourth-order valence-corrected chi connectivity index (χ4v) is 3.28. The Balaban J connectivity index is 2.12. The van der Waals surface area contributed by atoms with Crippen LogP contribution in [0.25, 0.3) is 0 Å². The first-order valence-electron chi connectivity index (χ1n) is 8.58. The van der Waals surface area contributed by atoms with Gasteiger partial charge in [-0.15, -0.1) is 0 Å². The van der Waals surface area contributed by atoms with Gasteiger partial charge in [-0.05, 0) is 64.1 Å². The van der Waals surface area contributed by atoms with E-state index < -0.39 is 0 Å². The second-order valence-electron chi connectivity index (χ2n) is 6.84. The Morgan fingerprint density at radius 1 is 1.14 bits per heavy atom. The average molecular weight is 288 g/mol. The van der Waals surface area contributed by atoms with Crippen molar-refractivity contribution in [2.45, 2.75) is 65.1 Å². The normalized spacial score (nSPS) is 18.2. The summed E-state index contributed by atoms with van der Waals surface area (Å²) in [7, 11) is 2.09. The van der Waals surface area contributed by atoms with Crippen molar-refractivity contribution in [1.29, 1.82) is 0 Å². The summed E-state index contributed by atoms with van der Waals surface area (Å²) in [6, 6.07) is 10.7. The number of benzene rings is 1. The minimum atomic E-state index is 0.400. The molecule has 2 nitrogen and oxygen atoms in total. The van der Waals surface area contributed by atoms with Gasteiger partial charge in [-0.25, -0.2) is 0 Å². The van der Waals surface area contributed by atoms with Gasteiger partial charge in [0.25, 0.3) is 0 Å². The summed E-state index contributed by atoms with van der Waals surface area (Å²) >= 11 is 0. The third-order valence-electron chi connectivity index (χ3n) is 4.89. The molecule has 2 heteroatoms. The number of rotatable bonds is 8. The zero-order chi connectivity index (χ0) is 15.4. The third-order valence-corrected chi connectivity index (χ3v) is 4.89. The van der Waals surface area contributed by atoms with Crippen LogP contribution in [-0.4, -0.2) is 30.6 Å². The van der Waals surface area contributed by atoms with Crippen molar-refractivity contribution < 1.29 is 0 Å². The molecule has 1 aromatic carbocycles. The van der Waals surface area contributed by atoms with Crippen LogP contribution in [0.3, 0.4) is 0 Å². The maximum Gasteiger partial charge on any atom is 0.0473 e. The molecule has 1 aromatic rings. The molecule has 0 heterocycles. The zero-order valence-corrected chi connectivity index (χ0v) is 14.4. The predicted octanol–water partition coefficient (Wildman–Crippen LogP) is 4.02. The molecule has 0 radical (unpaired) electrons. The molecule has 0 spiro atoms. The maximum absolute atomic E-state index is 3.54. The highest BCUT2D eigenvalue weighted by atomic mass is 15.2. The van der Waals surface area contributed by atoms with Crippen LogP contribution in [0.2, 0.25) is 0 Å². The maximum atomic E-state index is 3.54. The third kappa shape index (κ3) is 4.31. The summed E-state index contributed by atoms with van der Waals surface area (Å²) in [6.45, 7) is 10.5. The Hall–Kier alpha value is -0.860. The Morgan fingerprint density at radius 2 is 1.76 bits per heavy atom. The van der Waals surface area contributed by atoms with E-state index in [-0.39, 0.29) is 0 Å². The smallest absolute Gasteiger partial charge is 0.0473 e. The van der Waals surface area contributed by atoms with Crippen LogP contribution in [0, 0.1) is 5.92 Å². The van der Waals surface area contributed by atoms with E-state index in [1.54, 1.807) is 0 Å². The van der Waals surface area contributed by atoms with Crippen molar-refractivity contribution >= 4 is 0 Å². The highest BCUT2D eigenvalue weighted by molar-refractivity contribution is 5.26. The average Bonchev–Trinajstić information content (AvgIpc) is 3.30. The topological polar surface area (TPSA) is 15.3 Å². The molecular weight excluding hydrogens is 256 g/mol. The lowest BCUT2D eigenvalue weighted by Crippen LogP contribution is -2.46. The van der Waals surface area contributed by atoms with Crippen LogP contribution in [0.1, 0.15) is 57.7 Å². The number of nitrogens with zero attached hydrogens (tertiary/aromatic N) is 1. The van der Waals surface area contributed by atoms with Crippen molar-refractivity contribution in [3.05, 3.63) is 35.4 Å². The highest BCUT2D eigenvalue weighted by Crippen LogP contribution is 2.33. The first-order valence-corrected chi connectivity index (χ1v) is 8.58. The lowest BCUT2D eigenvalue weighted by molar-refractivity contribution is 0.128. The van der Waals surface area contributed by atoms with Gasteiger partial charge in [-0.1, -0.05) is 31.2 Å². The van der Waals surface area contributed by atoms with Gasteiger partial charge >= 0.3 is 0 Å². The van der Waals surface area contributed by atoms with Gasteiger partial charge in [-0.2, -0.15) is 0 Å². The van der Waals surface area contributed by atoms with Crippen molar-refractivity contribution in [3.63, 3.8) is 0 Å². The van der Waals surface area contributed by atoms with Gasteiger partial charge in [0.2, 0.25) is 0 Å². The molecule has 1 aliphatic rings. The van der Waals surface area contributed by atoms with Gasteiger partial charge in [0.15, 0.2) is 0 Å². The number of nitrogens with one attached hydrogen (secondary N) is 1. The van der Waals surface area contributed by atoms with Crippen LogP contribution < -0.4 is 5.32 Å². The molecule has 21 heavy (non-hydrogen) atoms.